The average molecular weight is 411 g/mol. The van der Waals surface area contributed by atoms with Crippen molar-refractivity contribution in [3.05, 3.63) is 76.1 Å². The molecule has 2 amide bonds. The second kappa shape index (κ2) is 8.87. The van der Waals surface area contributed by atoms with E-state index in [-0.39, 0.29) is 11.8 Å². The summed E-state index contributed by atoms with van der Waals surface area (Å²) in [7, 11) is 0. The monoisotopic (exact) mass is 410 g/mol. The Kier molecular flexibility index (Phi) is 6.29. The quantitative estimate of drug-likeness (QED) is 0.508. The Morgan fingerprint density at radius 3 is 2.39 bits per heavy atom. The lowest BCUT2D eigenvalue weighted by molar-refractivity contribution is -0.114. The van der Waals surface area contributed by atoms with Crippen LogP contribution in [-0.4, -0.2) is 11.8 Å². The molecular formula is C22H19ClN2O2S. The molecule has 3 aromatic rings. The topological polar surface area (TPSA) is 58.2 Å². The summed E-state index contributed by atoms with van der Waals surface area (Å²) < 4.78 is 0. The van der Waals surface area contributed by atoms with Crippen LogP contribution in [0.5, 0.6) is 0 Å². The van der Waals surface area contributed by atoms with Gasteiger partial charge in [-0.2, -0.15) is 0 Å². The summed E-state index contributed by atoms with van der Waals surface area (Å²) in [5.41, 5.74) is 3.11. The normalized spacial score (nSPS) is 10.8. The summed E-state index contributed by atoms with van der Waals surface area (Å²) in [4.78, 5) is 25.6. The molecule has 0 aliphatic heterocycles. The zero-order valence-electron chi connectivity index (χ0n) is 15.5. The highest BCUT2D eigenvalue weighted by Gasteiger charge is 2.08. The van der Waals surface area contributed by atoms with Gasteiger partial charge in [0.1, 0.15) is 0 Å². The van der Waals surface area contributed by atoms with E-state index in [4.69, 9.17) is 11.6 Å². The lowest BCUT2D eigenvalue weighted by Gasteiger charge is -2.11. The summed E-state index contributed by atoms with van der Waals surface area (Å²) in [5.74, 6) is -0.394. The van der Waals surface area contributed by atoms with Crippen molar-refractivity contribution >= 4 is 52.2 Å². The molecule has 1 heterocycles. The number of hydrogen-bond donors (Lipinski definition) is 2. The Labute approximate surface area is 172 Å². The van der Waals surface area contributed by atoms with Crippen molar-refractivity contribution in [3.63, 3.8) is 0 Å². The molecule has 0 saturated carbocycles. The van der Waals surface area contributed by atoms with Gasteiger partial charge >= 0.3 is 0 Å². The Balaban J connectivity index is 1.70. The van der Waals surface area contributed by atoms with Crippen LogP contribution >= 0.6 is 22.9 Å². The molecule has 0 aliphatic rings. The summed E-state index contributed by atoms with van der Waals surface area (Å²) >= 11 is 7.81. The Bertz CT molecular complexity index is 1060. The first-order valence-electron chi connectivity index (χ1n) is 8.65. The van der Waals surface area contributed by atoms with Gasteiger partial charge in [-0.1, -0.05) is 35.9 Å². The number of thiophene rings is 1. The maximum Gasteiger partial charge on any atom is 0.248 e. The van der Waals surface area contributed by atoms with Crippen LogP contribution in [0.4, 0.5) is 11.4 Å². The molecule has 142 valence electrons. The highest BCUT2D eigenvalue weighted by atomic mass is 35.5. The Morgan fingerprint density at radius 1 is 0.964 bits per heavy atom. The number of benzene rings is 2. The van der Waals surface area contributed by atoms with Gasteiger partial charge in [0, 0.05) is 44.7 Å². The van der Waals surface area contributed by atoms with Crippen LogP contribution in [-0.2, 0) is 9.59 Å². The fourth-order valence-electron chi connectivity index (χ4n) is 2.68. The minimum Gasteiger partial charge on any atom is -0.326 e. The first kappa shape index (κ1) is 19.9. The molecule has 28 heavy (non-hydrogen) atoms. The van der Waals surface area contributed by atoms with Crippen LogP contribution in [0, 0.1) is 6.92 Å². The summed E-state index contributed by atoms with van der Waals surface area (Å²) in [6, 6.07) is 17.0. The smallest absolute Gasteiger partial charge is 0.248 e. The van der Waals surface area contributed by atoms with Gasteiger partial charge < -0.3 is 10.6 Å². The fourth-order valence-corrected chi connectivity index (χ4v) is 3.92. The second-order valence-corrected chi connectivity index (χ2v) is 7.69. The number of carbonyl (C=O) groups excluding carboxylic acids is 2. The standard InChI is InChI=1S/C22H19ClN2O2S/c1-14-19(24-15(2)26)8-5-9-20(14)25-22(27)13-11-16-10-12-21(28-16)17-6-3-4-7-18(17)23/h3-13H,1-2H3,(H,24,26)(H,25,27)/b13-11+. The number of hydrogen-bond acceptors (Lipinski definition) is 3. The molecule has 0 unspecified atom stereocenters. The van der Waals surface area contributed by atoms with Gasteiger partial charge in [0.2, 0.25) is 11.8 Å². The fraction of sp³-hybridized carbons (Fsp3) is 0.0909. The van der Waals surface area contributed by atoms with Crippen LogP contribution in [0.15, 0.2) is 60.7 Å². The number of halogens is 1. The van der Waals surface area contributed by atoms with Gasteiger partial charge in [0.05, 0.1) is 0 Å². The average Bonchev–Trinajstić information content (AvgIpc) is 3.12. The van der Waals surface area contributed by atoms with Gasteiger partial charge in [-0.3, -0.25) is 9.59 Å². The molecule has 2 aromatic carbocycles. The van der Waals surface area contributed by atoms with Gasteiger partial charge in [0.15, 0.2) is 0 Å². The highest BCUT2D eigenvalue weighted by molar-refractivity contribution is 7.16. The highest BCUT2D eigenvalue weighted by Crippen LogP contribution is 2.33. The summed E-state index contributed by atoms with van der Waals surface area (Å²) in [6.07, 6.45) is 3.26. The Hall–Kier alpha value is -2.89. The molecule has 0 saturated heterocycles. The summed E-state index contributed by atoms with van der Waals surface area (Å²) in [5, 5.41) is 6.30. The molecule has 0 fully saturated rings. The molecule has 0 aliphatic carbocycles. The third-order valence-electron chi connectivity index (χ3n) is 4.07. The lowest BCUT2D eigenvalue weighted by atomic mass is 10.1. The van der Waals surface area contributed by atoms with E-state index < -0.39 is 0 Å². The van der Waals surface area contributed by atoms with Crippen molar-refractivity contribution in [1.29, 1.82) is 0 Å². The van der Waals surface area contributed by atoms with Crippen molar-refractivity contribution in [2.75, 3.05) is 10.6 Å². The van der Waals surface area contributed by atoms with E-state index in [1.165, 1.54) is 13.0 Å². The summed E-state index contributed by atoms with van der Waals surface area (Å²) in [6.45, 7) is 3.30. The van der Waals surface area contributed by atoms with Gasteiger partial charge in [-0.25, -0.2) is 0 Å². The molecule has 0 atom stereocenters. The molecule has 0 spiro atoms. The second-order valence-electron chi connectivity index (χ2n) is 6.16. The number of anilines is 2. The molecule has 1 aromatic heterocycles. The van der Waals surface area contributed by atoms with E-state index in [1.54, 1.807) is 35.6 Å². The first-order valence-corrected chi connectivity index (χ1v) is 9.84. The van der Waals surface area contributed by atoms with Gasteiger partial charge in [0.25, 0.3) is 0 Å². The maximum absolute atomic E-state index is 12.3. The molecule has 6 heteroatoms. The largest absolute Gasteiger partial charge is 0.326 e. The zero-order valence-corrected chi connectivity index (χ0v) is 17.0. The zero-order chi connectivity index (χ0) is 20.1. The van der Waals surface area contributed by atoms with Crippen molar-refractivity contribution in [2.24, 2.45) is 0 Å². The van der Waals surface area contributed by atoms with E-state index in [1.807, 2.05) is 43.3 Å². The van der Waals surface area contributed by atoms with Crippen LogP contribution in [0.25, 0.3) is 16.5 Å². The van der Waals surface area contributed by atoms with Crippen molar-refractivity contribution < 1.29 is 9.59 Å². The lowest BCUT2D eigenvalue weighted by Crippen LogP contribution is -2.11. The van der Waals surface area contributed by atoms with Crippen LogP contribution < -0.4 is 10.6 Å². The van der Waals surface area contributed by atoms with E-state index in [0.29, 0.717) is 16.4 Å². The number of rotatable bonds is 5. The molecule has 4 nitrogen and oxygen atoms in total. The number of nitrogens with one attached hydrogen (secondary N) is 2. The molecule has 2 N–H and O–H groups in total. The third-order valence-corrected chi connectivity index (χ3v) is 5.48. The van der Waals surface area contributed by atoms with Crippen LogP contribution in [0.3, 0.4) is 0 Å². The van der Waals surface area contributed by atoms with E-state index in [9.17, 15) is 9.59 Å². The maximum atomic E-state index is 12.3. The Morgan fingerprint density at radius 2 is 1.68 bits per heavy atom. The van der Waals surface area contributed by atoms with Gasteiger partial charge in [-0.05, 0) is 48.9 Å². The van der Waals surface area contributed by atoms with E-state index in [2.05, 4.69) is 10.6 Å². The van der Waals surface area contributed by atoms with E-state index >= 15 is 0 Å². The van der Waals surface area contributed by atoms with E-state index in [0.717, 1.165) is 20.9 Å². The van der Waals surface area contributed by atoms with Crippen molar-refractivity contribution in [1.82, 2.24) is 0 Å². The predicted molar refractivity (Wildman–Crippen MR) is 118 cm³/mol. The first-order chi connectivity index (χ1) is 13.4. The van der Waals surface area contributed by atoms with Crippen LogP contribution in [0.2, 0.25) is 5.02 Å². The molecule has 0 bridgehead atoms. The van der Waals surface area contributed by atoms with Crippen molar-refractivity contribution in [3.8, 4) is 10.4 Å². The van der Waals surface area contributed by atoms with Gasteiger partial charge in [-0.15, -0.1) is 11.3 Å². The third kappa shape index (κ3) is 4.88. The predicted octanol–water partition coefficient (Wildman–Crippen LogP) is 5.99. The molecule has 0 radical (unpaired) electrons. The van der Waals surface area contributed by atoms with Crippen LogP contribution in [0.1, 0.15) is 17.4 Å². The number of amides is 2. The van der Waals surface area contributed by atoms with Crippen molar-refractivity contribution in [2.45, 2.75) is 13.8 Å². The number of carbonyl (C=O) groups is 2. The molecule has 3 rings (SSSR count). The molecular weight excluding hydrogens is 392 g/mol. The minimum absolute atomic E-state index is 0.154. The minimum atomic E-state index is -0.240. The SMILES string of the molecule is CC(=O)Nc1cccc(NC(=O)/C=C/c2ccc(-c3ccccc3Cl)s2)c1C.